The van der Waals surface area contributed by atoms with E-state index in [-0.39, 0.29) is 18.3 Å². The van der Waals surface area contributed by atoms with Crippen LogP contribution in [0.4, 0.5) is 0 Å². The number of rotatable bonds is 4. The largest absolute Gasteiger partial charge is 0.346 e. The Hall–Kier alpha value is -2.84. The van der Waals surface area contributed by atoms with Crippen molar-refractivity contribution in [2.45, 2.75) is 26.1 Å². The van der Waals surface area contributed by atoms with Gasteiger partial charge >= 0.3 is 0 Å². The van der Waals surface area contributed by atoms with Crippen molar-refractivity contribution in [3.05, 3.63) is 59.9 Å². The third kappa shape index (κ3) is 4.47. The molecule has 1 amide bonds. The van der Waals surface area contributed by atoms with Crippen LogP contribution in [0.2, 0.25) is 0 Å². The Balaban J connectivity index is 0.00000210. The number of halogens is 1. The van der Waals surface area contributed by atoms with E-state index in [2.05, 4.69) is 30.7 Å². The Morgan fingerprint density at radius 1 is 1.26 bits per heavy atom. The van der Waals surface area contributed by atoms with Crippen molar-refractivity contribution in [2.24, 2.45) is 0 Å². The first-order chi connectivity index (χ1) is 12.8. The van der Waals surface area contributed by atoms with Crippen LogP contribution in [0.3, 0.4) is 0 Å². The van der Waals surface area contributed by atoms with Crippen molar-refractivity contribution < 1.29 is 4.79 Å². The summed E-state index contributed by atoms with van der Waals surface area (Å²) in [5.41, 5.74) is 3.23. The third-order valence-electron chi connectivity index (χ3n) is 4.21. The molecule has 140 valence electrons. The van der Waals surface area contributed by atoms with Crippen LogP contribution in [0.15, 0.2) is 43.0 Å². The molecule has 0 radical (unpaired) electrons. The number of fused-ring (bicyclic) bond motifs is 1. The highest BCUT2D eigenvalue weighted by Gasteiger charge is 2.12. The summed E-state index contributed by atoms with van der Waals surface area (Å²) in [6.45, 7) is 3.10. The van der Waals surface area contributed by atoms with Crippen LogP contribution in [-0.4, -0.2) is 37.2 Å². The summed E-state index contributed by atoms with van der Waals surface area (Å²) in [5, 5.41) is 10.8. The second kappa shape index (κ2) is 8.70. The van der Waals surface area contributed by atoms with Gasteiger partial charge in [0.05, 0.1) is 23.5 Å². The molecular formula is C18H20ClN7O. The number of carbonyl (C=O) groups is 1. The lowest BCUT2D eigenvalue weighted by molar-refractivity contribution is 0.0949. The average Bonchev–Trinajstić information content (AvgIpc) is 2.96. The zero-order valence-electron chi connectivity index (χ0n) is 14.6. The van der Waals surface area contributed by atoms with E-state index in [1.165, 1.54) is 12.4 Å². The summed E-state index contributed by atoms with van der Waals surface area (Å²) in [5.74, 6) is 0.323. The highest BCUT2D eigenvalue weighted by molar-refractivity contribution is 5.93. The van der Waals surface area contributed by atoms with E-state index in [0.29, 0.717) is 17.9 Å². The topological polar surface area (TPSA) is 97.6 Å². The first-order valence-electron chi connectivity index (χ1n) is 8.56. The molecule has 0 aliphatic carbocycles. The van der Waals surface area contributed by atoms with E-state index in [1.54, 1.807) is 12.4 Å². The first kappa shape index (κ1) is 18.9. The van der Waals surface area contributed by atoms with Gasteiger partial charge in [0.25, 0.3) is 5.91 Å². The van der Waals surface area contributed by atoms with Crippen LogP contribution in [-0.2, 0) is 19.6 Å². The van der Waals surface area contributed by atoms with Crippen LogP contribution in [0.1, 0.15) is 28.2 Å². The molecule has 0 bridgehead atoms. The van der Waals surface area contributed by atoms with Gasteiger partial charge in [-0.3, -0.25) is 14.5 Å². The standard InChI is InChI=1S/C18H19N7O.ClH/c26-18(14-9-21-17(22-10-14)13-3-1-4-19-8-13)23-11-15-7-16-12-20-5-2-6-25(16)24-15;/h1,3-4,7-10,20H,2,5-6,11-12H2,(H,23,26);1H. The molecule has 0 spiro atoms. The van der Waals surface area contributed by atoms with E-state index < -0.39 is 0 Å². The van der Waals surface area contributed by atoms with Crippen LogP contribution >= 0.6 is 12.4 Å². The Labute approximate surface area is 162 Å². The van der Waals surface area contributed by atoms with Crippen molar-refractivity contribution in [3.8, 4) is 11.4 Å². The maximum Gasteiger partial charge on any atom is 0.254 e. The number of aryl methyl sites for hydroxylation is 1. The molecule has 27 heavy (non-hydrogen) atoms. The minimum absolute atomic E-state index is 0. The lowest BCUT2D eigenvalue weighted by Crippen LogP contribution is -2.23. The maximum absolute atomic E-state index is 12.3. The fraction of sp³-hybridized carbons (Fsp3) is 0.278. The van der Waals surface area contributed by atoms with E-state index in [4.69, 9.17) is 0 Å². The Kier molecular flexibility index (Phi) is 6.10. The lowest BCUT2D eigenvalue weighted by Gasteiger charge is -2.04. The number of aromatic nitrogens is 5. The van der Waals surface area contributed by atoms with Gasteiger partial charge in [-0.25, -0.2) is 9.97 Å². The quantitative estimate of drug-likeness (QED) is 0.707. The van der Waals surface area contributed by atoms with Gasteiger partial charge in [0.2, 0.25) is 0 Å². The van der Waals surface area contributed by atoms with Crippen LogP contribution < -0.4 is 10.6 Å². The van der Waals surface area contributed by atoms with Crippen molar-refractivity contribution in [2.75, 3.05) is 6.54 Å². The molecule has 3 aromatic rings. The molecule has 1 aliphatic rings. The first-order valence-corrected chi connectivity index (χ1v) is 8.56. The summed E-state index contributed by atoms with van der Waals surface area (Å²) in [7, 11) is 0. The van der Waals surface area contributed by atoms with Gasteiger partial charge < -0.3 is 10.6 Å². The number of amides is 1. The number of hydrogen-bond acceptors (Lipinski definition) is 6. The van der Waals surface area contributed by atoms with Crippen molar-refractivity contribution >= 4 is 18.3 Å². The molecule has 1 aliphatic heterocycles. The predicted molar refractivity (Wildman–Crippen MR) is 102 cm³/mol. The maximum atomic E-state index is 12.3. The number of nitrogens with zero attached hydrogens (tertiary/aromatic N) is 5. The van der Waals surface area contributed by atoms with E-state index >= 15 is 0 Å². The van der Waals surface area contributed by atoms with E-state index in [9.17, 15) is 4.79 Å². The number of pyridine rings is 1. The molecular weight excluding hydrogens is 366 g/mol. The molecule has 0 saturated heterocycles. The second-order valence-corrected chi connectivity index (χ2v) is 6.10. The molecule has 0 aromatic carbocycles. The van der Waals surface area contributed by atoms with Crippen molar-refractivity contribution in [1.82, 2.24) is 35.4 Å². The summed E-state index contributed by atoms with van der Waals surface area (Å²) in [6.07, 6.45) is 7.48. The van der Waals surface area contributed by atoms with Gasteiger partial charge in [0, 0.05) is 43.4 Å². The molecule has 8 nitrogen and oxygen atoms in total. The molecule has 0 saturated carbocycles. The second-order valence-electron chi connectivity index (χ2n) is 6.10. The highest BCUT2D eigenvalue weighted by Crippen LogP contribution is 2.12. The average molecular weight is 386 g/mol. The van der Waals surface area contributed by atoms with Crippen LogP contribution in [0.5, 0.6) is 0 Å². The van der Waals surface area contributed by atoms with Crippen molar-refractivity contribution in [3.63, 3.8) is 0 Å². The third-order valence-corrected chi connectivity index (χ3v) is 4.21. The van der Waals surface area contributed by atoms with Gasteiger partial charge in [-0.05, 0) is 31.2 Å². The molecule has 4 heterocycles. The number of nitrogens with one attached hydrogen (secondary N) is 2. The monoisotopic (exact) mass is 385 g/mol. The van der Waals surface area contributed by atoms with Gasteiger partial charge in [-0.1, -0.05) is 0 Å². The van der Waals surface area contributed by atoms with Gasteiger partial charge in [-0.2, -0.15) is 5.10 Å². The van der Waals surface area contributed by atoms with E-state index in [0.717, 1.165) is 43.0 Å². The fourth-order valence-electron chi connectivity index (χ4n) is 2.87. The molecule has 4 rings (SSSR count). The van der Waals surface area contributed by atoms with Gasteiger partial charge in [-0.15, -0.1) is 12.4 Å². The summed E-state index contributed by atoms with van der Waals surface area (Å²) >= 11 is 0. The van der Waals surface area contributed by atoms with Gasteiger partial charge in [0.15, 0.2) is 5.82 Å². The molecule has 3 aromatic heterocycles. The molecule has 0 fully saturated rings. The minimum Gasteiger partial charge on any atom is -0.346 e. The van der Waals surface area contributed by atoms with Crippen LogP contribution in [0, 0.1) is 0 Å². The molecule has 0 atom stereocenters. The molecule has 0 unspecified atom stereocenters. The summed E-state index contributed by atoms with van der Waals surface area (Å²) < 4.78 is 2.01. The van der Waals surface area contributed by atoms with Crippen molar-refractivity contribution in [1.29, 1.82) is 0 Å². The Morgan fingerprint density at radius 2 is 2.11 bits per heavy atom. The zero-order valence-corrected chi connectivity index (χ0v) is 15.4. The van der Waals surface area contributed by atoms with Gasteiger partial charge in [0.1, 0.15) is 0 Å². The highest BCUT2D eigenvalue weighted by atomic mass is 35.5. The predicted octanol–water partition coefficient (Wildman–Crippen LogP) is 1.58. The number of carbonyl (C=O) groups excluding carboxylic acids is 1. The lowest BCUT2D eigenvalue weighted by atomic mass is 10.2. The smallest absolute Gasteiger partial charge is 0.254 e. The van der Waals surface area contributed by atoms with E-state index in [1.807, 2.05) is 22.9 Å². The normalized spacial score (nSPS) is 13.2. The fourth-order valence-corrected chi connectivity index (χ4v) is 2.87. The van der Waals surface area contributed by atoms with Crippen LogP contribution in [0.25, 0.3) is 11.4 Å². The Morgan fingerprint density at radius 3 is 2.89 bits per heavy atom. The zero-order chi connectivity index (χ0) is 17.8. The number of hydrogen-bond donors (Lipinski definition) is 2. The SMILES string of the molecule is Cl.O=C(NCc1cc2n(n1)CCCNC2)c1cnc(-c2cccnc2)nc1. The summed E-state index contributed by atoms with van der Waals surface area (Å²) in [6, 6.07) is 5.72. The summed E-state index contributed by atoms with van der Waals surface area (Å²) in [4.78, 5) is 24.9. The Bertz CT molecular complexity index is 872. The minimum atomic E-state index is -0.218. The molecule has 2 N–H and O–H groups in total. The molecule has 9 heteroatoms.